The highest BCUT2D eigenvalue weighted by atomic mass is 35.5. The average Bonchev–Trinajstić information content (AvgIpc) is 2.53. The molecule has 0 radical (unpaired) electrons. The lowest BCUT2D eigenvalue weighted by molar-refractivity contribution is 0.101. The molecule has 0 saturated carbocycles. The van der Waals surface area contributed by atoms with Gasteiger partial charge in [-0.25, -0.2) is 4.79 Å². The first-order valence-electron chi connectivity index (χ1n) is 6.80. The number of fused-ring (bicyclic) bond motifs is 1. The van der Waals surface area contributed by atoms with Gasteiger partial charge in [0.15, 0.2) is 5.78 Å². The van der Waals surface area contributed by atoms with Gasteiger partial charge in [0.25, 0.3) is 0 Å². The van der Waals surface area contributed by atoms with Gasteiger partial charge >= 0.3 is 5.63 Å². The lowest BCUT2D eigenvalue weighted by Crippen LogP contribution is -2.10. The van der Waals surface area contributed by atoms with Gasteiger partial charge in [-0.1, -0.05) is 23.7 Å². The molecule has 5 nitrogen and oxygen atoms in total. The van der Waals surface area contributed by atoms with E-state index in [-0.39, 0.29) is 11.3 Å². The molecule has 3 rings (SSSR count). The summed E-state index contributed by atoms with van der Waals surface area (Å²) in [5.74, 6) is -0.344. The van der Waals surface area contributed by atoms with Crippen LogP contribution in [0.5, 0.6) is 0 Å². The number of nitrogens with zero attached hydrogens (tertiary/aromatic N) is 2. The van der Waals surface area contributed by atoms with Crippen molar-refractivity contribution < 1.29 is 9.21 Å². The molecule has 0 fully saturated rings. The summed E-state index contributed by atoms with van der Waals surface area (Å²) in [7, 11) is 0. The quantitative estimate of drug-likeness (QED) is 0.383. The normalized spacial score (nSPS) is 11.2. The Morgan fingerprint density at radius 1 is 1.09 bits per heavy atom. The van der Waals surface area contributed by atoms with E-state index >= 15 is 0 Å². The van der Waals surface area contributed by atoms with Gasteiger partial charge in [0.05, 0.1) is 10.7 Å². The first-order valence-corrected chi connectivity index (χ1v) is 7.17. The first-order chi connectivity index (χ1) is 11.0. The molecular weight excluding hydrogens is 316 g/mol. The van der Waals surface area contributed by atoms with Gasteiger partial charge in [0, 0.05) is 5.39 Å². The van der Waals surface area contributed by atoms with E-state index in [1.54, 1.807) is 30.3 Å². The molecule has 3 aromatic rings. The molecule has 0 atom stereocenters. The maximum absolute atomic E-state index is 11.7. The molecule has 0 bridgehead atoms. The van der Waals surface area contributed by atoms with Crippen LogP contribution < -0.4 is 5.63 Å². The van der Waals surface area contributed by atoms with Crippen molar-refractivity contribution in [2.75, 3.05) is 0 Å². The molecular formula is C17H11ClN2O3. The van der Waals surface area contributed by atoms with E-state index in [9.17, 15) is 9.59 Å². The molecule has 0 unspecified atom stereocenters. The van der Waals surface area contributed by atoms with Crippen molar-refractivity contribution in [2.45, 2.75) is 6.92 Å². The van der Waals surface area contributed by atoms with Crippen molar-refractivity contribution in [2.24, 2.45) is 10.2 Å². The van der Waals surface area contributed by atoms with Crippen molar-refractivity contribution in [1.29, 1.82) is 0 Å². The molecule has 0 aliphatic heterocycles. The number of benzene rings is 2. The zero-order chi connectivity index (χ0) is 16.4. The van der Waals surface area contributed by atoms with Crippen molar-refractivity contribution in [3.63, 3.8) is 0 Å². The second-order valence-corrected chi connectivity index (χ2v) is 5.28. The molecule has 1 aromatic heterocycles. The molecule has 0 spiro atoms. The number of azo groups is 1. The van der Waals surface area contributed by atoms with Crippen molar-refractivity contribution in [3.8, 4) is 0 Å². The van der Waals surface area contributed by atoms with Crippen LogP contribution >= 0.6 is 11.6 Å². The first kappa shape index (κ1) is 15.1. The highest BCUT2D eigenvalue weighted by Gasteiger charge is 2.09. The SMILES string of the molecule is CC(=O)c1cc2cc(N=Nc3ccccc3Cl)ccc2oc1=O. The highest BCUT2D eigenvalue weighted by molar-refractivity contribution is 6.32. The molecule has 2 aromatic carbocycles. The van der Waals surface area contributed by atoms with Gasteiger partial charge < -0.3 is 4.42 Å². The summed E-state index contributed by atoms with van der Waals surface area (Å²) >= 11 is 6.02. The Bertz CT molecular complexity index is 993. The van der Waals surface area contributed by atoms with Crippen LogP contribution in [0.1, 0.15) is 17.3 Å². The zero-order valence-electron chi connectivity index (χ0n) is 12.1. The predicted molar refractivity (Wildman–Crippen MR) is 88.1 cm³/mol. The Morgan fingerprint density at radius 2 is 1.87 bits per heavy atom. The topological polar surface area (TPSA) is 72.0 Å². The van der Waals surface area contributed by atoms with Crippen LogP contribution in [0.2, 0.25) is 5.02 Å². The Labute approximate surface area is 136 Å². The molecule has 114 valence electrons. The third-order valence-electron chi connectivity index (χ3n) is 3.22. The fourth-order valence-corrected chi connectivity index (χ4v) is 2.24. The van der Waals surface area contributed by atoms with Crippen molar-refractivity contribution in [3.05, 3.63) is 69.5 Å². The maximum atomic E-state index is 11.7. The summed E-state index contributed by atoms with van der Waals surface area (Å²) in [6, 6.07) is 13.6. The molecule has 0 amide bonds. The second-order valence-electron chi connectivity index (χ2n) is 4.88. The Balaban J connectivity index is 2.03. The summed E-state index contributed by atoms with van der Waals surface area (Å²) < 4.78 is 5.12. The van der Waals surface area contributed by atoms with E-state index in [0.29, 0.717) is 27.4 Å². The molecule has 0 aliphatic carbocycles. The van der Waals surface area contributed by atoms with E-state index < -0.39 is 5.63 Å². The van der Waals surface area contributed by atoms with E-state index in [4.69, 9.17) is 16.0 Å². The number of carbonyl (C=O) groups excluding carboxylic acids is 1. The summed E-state index contributed by atoms with van der Waals surface area (Å²) in [5.41, 5.74) is 0.865. The molecule has 23 heavy (non-hydrogen) atoms. The standard InChI is InChI=1S/C17H11ClN2O3/c1-10(21)13-9-11-8-12(6-7-16(11)23-17(13)22)19-20-15-5-3-2-4-14(15)18/h2-9H,1H3. The lowest BCUT2D eigenvalue weighted by Gasteiger charge is -2.00. The average molecular weight is 327 g/mol. The Hall–Kier alpha value is -2.79. The van der Waals surface area contributed by atoms with Crippen molar-refractivity contribution >= 4 is 39.7 Å². The van der Waals surface area contributed by atoms with Crippen LogP contribution in [0.15, 0.2) is 68.0 Å². The van der Waals surface area contributed by atoms with Crippen LogP contribution in [0.3, 0.4) is 0 Å². The third-order valence-corrected chi connectivity index (χ3v) is 3.54. The number of rotatable bonds is 3. The predicted octanol–water partition coefficient (Wildman–Crippen LogP) is 5.06. The number of hydrogen-bond acceptors (Lipinski definition) is 5. The minimum Gasteiger partial charge on any atom is -0.422 e. The number of halogens is 1. The Kier molecular flexibility index (Phi) is 4.04. The summed E-state index contributed by atoms with van der Waals surface area (Å²) in [6.07, 6.45) is 0. The highest BCUT2D eigenvalue weighted by Crippen LogP contribution is 2.27. The van der Waals surface area contributed by atoms with Crippen LogP contribution in [0.4, 0.5) is 11.4 Å². The monoisotopic (exact) mass is 326 g/mol. The zero-order valence-corrected chi connectivity index (χ0v) is 12.9. The van der Waals surface area contributed by atoms with E-state index in [1.165, 1.54) is 13.0 Å². The van der Waals surface area contributed by atoms with Crippen LogP contribution in [-0.2, 0) is 0 Å². The van der Waals surface area contributed by atoms with E-state index in [0.717, 1.165) is 0 Å². The number of carbonyl (C=O) groups is 1. The van der Waals surface area contributed by atoms with Gasteiger partial charge in [0.2, 0.25) is 0 Å². The number of Topliss-reactive ketones (excluding diaryl/α,β-unsaturated/α-hetero) is 1. The van der Waals surface area contributed by atoms with E-state index in [2.05, 4.69) is 10.2 Å². The minimum absolute atomic E-state index is 0.0118. The number of ketones is 1. The summed E-state index contributed by atoms with van der Waals surface area (Å²) in [4.78, 5) is 23.1. The smallest absolute Gasteiger partial charge is 0.347 e. The fraction of sp³-hybridized carbons (Fsp3) is 0.0588. The summed E-state index contributed by atoms with van der Waals surface area (Å²) in [5, 5.41) is 9.32. The summed E-state index contributed by atoms with van der Waals surface area (Å²) in [6.45, 7) is 1.32. The largest absolute Gasteiger partial charge is 0.422 e. The molecule has 1 heterocycles. The molecule has 6 heteroatoms. The van der Waals surface area contributed by atoms with Gasteiger partial charge in [-0.05, 0) is 43.3 Å². The van der Waals surface area contributed by atoms with Gasteiger partial charge in [-0.2, -0.15) is 5.11 Å². The fourth-order valence-electron chi connectivity index (χ4n) is 2.06. The van der Waals surface area contributed by atoms with Crippen LogP contribution in [0, 0.1) is 0 Å². The second kappa shape index (κ2) is 6.14. The van der Waals surface area contributed by atoms with Crippen LogP contribution in [-0.4, -0.2) is 5.78 Å². The van der Waals surface area contributed by atoms with Gasteiger partial charge in [-0.3, -0.25) is 4.79 Å². The van der Waals surface area contributed by atoms with Crippen molar-refractivity contribution in [1.82, 2.24) is 0 Å². The third kappa shape index (κ3) is 3.19. The minimum atomic E-state index is -0.643. The lowest BCUT2D eigenvalue weighted by atomic mass is 10.1. The maximum Gasteiger partial charge on any atom is 0.347 e. The number of hydrogen-bond donors (Lipinski definition) is 0. The van der Waals surface area contributed by atoms with Crippen LogP contribution in [0.25, 0.3) is 11.0 Å². The molecule has 0 aliphatic rings. The van der Waals surface area contributed by atoms with Gasteiger partial charge in [0.1, 0.15) is 16.8 Å². The van der Waals surface area contributed by atoms with Gasteiger partial charge in [-0.15, -0.1) is 5.11 Å². The molecule has 0 saturated heterocycles. The molecule has 0 N–H and O–H groups in total. The Morgan fingerprint density at radius 3 is 2.61 bits per heavy atom. The van der Waals surface area contributed by atoms with E-state index in [1.807, 2.05) is 12.1 Å².